The summed E-state index contributed by atoms with van der Waals surface area (Å²) >= 11 is 0. The maximum absolute atomic E-state index is 12.4. The Bertz CT molecular complexity index is 509. The van der Waals surface area contributed by atoms with Gasteiger partial charge in [0.1, 0.15) is 0 Å². The first-order valence-electron chi connectivity index (χ1n) is 9.87. The number of hydrogen-bond donors (Lipinski definition) is 1. The van der Waals surface area contributed by atoms with Crippen LogP contribution in [0.2, 0.25) is 0 Å². The standard InChI is InChI=1S/C18H26N2O2.C3H8/c1-14-3-2-4-15(13-14)18(21)19-16-5-7-17(8-6-16)20-9-11-22-12-10-20;1-3-2/h5-8,14-15H,2-4,9-13H2,1H3,(H,19,21);3H2,1-2H3. The second-order valence-electron chi connectivity index (χ2n) is 7.31. The van der Waals surface area contributed by atoms with Gasteiger partial charge in [0.05, 0.1) is 13.2 Å². The zero-order valence-corrected chi connectivity index (χ0v) is 16.1. The summed E-state index contributed by atoms with van der Waals surface area (Å²) in [6.45, 7) is 9.95. The van der Waals surface area contributed by atoms with Crippen molar-refractivity contribution in [1.29, 1.82) is 0 Å². The molecule has 2 fully saturated rings. The third-order valence-corrected chi connectivity index (χ3v) is 4.82. The van der Waals surface area contributed by atoms with Crippen molar-refractivity contribution < 1.29 is 9.53 Å². The van der Waals surface area contributed by atoms with Gasteiger partial charge in [-0.2, -0.15) is 0 Å². The summed E-state index contributed by atoms with van der Waals surface area (Å²) in [4.78, 5) is 14.7. The second-order valence-corrected chi connectivity index (χ2v) is 7.31. The number of morpholine rings is 1. The lowest BCUT2D eigenvalue weighted by Crippen LogP contribution is -2.36. The highest BCUT2D eigenvalue weighted by molar-refractivity contribution is 5.92. The third-order valence-electron chi connectivity index (χ3n) is 4.82. The molecule has 1 aromatic rings. The van der Waals surface area contributed by atoms with E-state index >= 15 is 0 Å². The Labute approximate surface area is 152 Å². The van der Waals surface area contributed by atoms with Crippen molar-refractivity contribution in [2.75, 3.05) is 36.5 Å². The number of ether oxygens (including phenoxy) is 1. The van der Waals surface area contributed by atoms with Crippen molar-refractivity contribution in [3.8, 4) is 0 Å². The van der Waals surface area contributed by atoms with Crippen LogP contribution in [-0.4, -0.2) is 32.2 Å². The molecule has 1 aliphatic carbocycles. The van der Waals surface area contributed by atoms with E-state index < -0.39 is 0 Å². The fourth-order valence-corrected chi connectivity index (χ4v) is 3.49. The zero-order chi connectivity index (χ0) is 18.1. The van der Waals surface area contributed by atoms with Gasteiger partial charge >= 0.3 is 0 Å². The van der Waals surface area contributed by atoms with E-state index in [0.29, 0.717) is 5.92 Å². The van der Waals surface area contributed by atoms with Gasteiger partial charge in [0.2, 0.25) is 5.91 Å². The quantitative estimate of drug-likeness (QED) is 0.862. The molecule has 1 aliphatic heterocycles. The van der Waals surface area contributed by atoms with Crippen molar-refractivity contribution >= 4 is 17.3 Å². The molecule has 0 radical (unpaired) electrons. The number of hydrogen-bond acceptors (Lipinski definition) is 3. The Morgan fingerprint density at radius 1 is 1.16 bits per heavy atom. The van der Waals surface area contributed by atoms with Gasteiger partial charge in [0, 0.05) is 30.4 Å². The number of carbonyl (C=O) groups excluding carboxylic acids is 1. The van der Waals surface area contributed by atoms with Gasteiger partial charge < -0.3 is 15.0 Å². The van der Waals surface area contributed by atoms with Crippen molar-refractivity contribution in [2.45, 2.75) is 52.9 Å². The fourth-order valence-electron chi connectivity index (χ4n) is 3.49. The van der Waals surface area contributed by atoms with Crippen LogP contribution in [0.4, 0.5) is 11.4 Å². The van der Waals surface area contributed by atoms with E-state index in [1.165, 1.54) is 24.9 Å². The van der Waals surface area contributed by atoms with Crippen molar-refractivity contribution in [3.05, 3.63) is 24.3 Å². The van der Waals surface area contributed by atoms with Gasteiger partial charge in [-0.05, 0) is 43.0 Å². The van der Waals surface area contributed by atoms with Crippen LogP contribution in [0.15, 0.2) is 24.3 Å². The first-order chi connectivity index (χ1) is 12.1. The lowest BCUT2D eigenvalue weighted by Gasteiger charge is -2.29. The van der Waals surface area contributed by atoms with Gasteiger partial charge in [0.15, 0.2) is 0 Å². The van der Waals surface area contributed by atoms with Gasteiger partial charge in [-0.3, -0.25) is 4.79 Å². The molecule has 4 heteroatoms. The summed E-state index contributed by atoms with van der Waals surface area (Å²) in [5.74, 6) is 1.04. The second kappa shape index (κ2) is 10.4. The molecule has 1 amide bonds. The highest BCUT2D eigenvalue weighted by Gasteiger charge is 2.25. The Hall–Kier alpha value is -1.55. The molecular formula is C21H34N2O2. The van der Waals surface area contributed by atoms with Crippen molar-refractivity contribution in [2.24, 2.45) is 11.8 Å². The molecule has 0 bridgehead atoms. The Morgan fingerprint density at radius 2 is 1.80 bits per heavy atom. The van der Waals surface area contributed by atoms with Crippen LogP contribution in [0.1, 0.15) is 52.9 Å². The smallest absolute Gasteiger partial charge is 0.227 e. The Kier molecular flexibility index (Phi) is 8.26. The number of nitrogens with one attached hydrogen (secondary N) is 1. The predicted octanol–water partition coefficient (Wildman–Crippen LogP) is 4.70. The summed E-state index contributed by atoms with van der Waals surface area (Å²) in [5, 5.41) is 3.08. The fraction of sp³-hybridized carbons (Fsp3) is 0.667. The molecule has 1 N–H and O–H groups in total. The molecule has 1 heterocycles. The van der Waals surface area contributed by atoms with Gasteiger partial charge in [0.25, 0.3) is 0 Å². The molecule has 4 nitrogen and oxygen atoms in total. The van der Waals surface area contributed by atoms with Crippen LogP contribution in [0.5, 0.6) is 0 Å². The number of carbonyl (C=O) groups is 1. The molecule has 2 aliphatic rings. The number of amides is 1. The zero-order valence-electron chi connectivity index (χ0n) is 16.1. The van der Waals surface area contributed by atoms with E-state index in [9.17, 15) is 4.79 Å². The van der Waals surface area contributed by atoms with Gasteiger partial charge in [-0.25, -0.2) is 0 Å². The SMILES string of the molecule is CC1CCCC(C(=O)Nc2ccc(N3CCOCC3)cc2)C1.CCC. The summed E-state index contributed by atoms with van der Waals surface area (Å²) < 4.78 is 5.37. The lowest BCUT2D eigenvalue weighted by molar-refractivity contribution is -0.121. The average molecular weight is 347 g/mol. The minimum Gasteiger partial charge on any atom is -0.378 e. The van der Waals surface area contributed by atoms with Crippen LogP contribution in [0.25, 0.3) is 0 Å². The molecule has 140 valence electrons. The first kappa shape index (κ1) is 19.8. The van der Waals surface area contributed by atoms with Crippen LogP contribution in [0.3, 0.4) is 0 Å². The van der Waals surface area contributed by atoms with E-state index in [1.807, 2.05) is 12.1 Å². The Morgan fingerprint density at radius 3 is 2.40 bits per heavy atom. The van der Waals surface area contributed by atoms with E-state index in [4.69, 9.17) is 4.74 Å². The molecule has 3 rings (SSSR count). The van der Waals surface area contributed by atoms with E-state index in [-0.39, 0.29) is 11.8 Å². The number of rotatable bonds is 3. The lowest BCUT2D eigenvalue weighted by atomic mass is 9.82. The maximum atomic E-state index is 12.4. The molecule has 0 aromatic heterocycles. The topological polar surface area (TPSA) is 41.6 Å². The average Bonchev–Trinajstić information content (AvgIpc) is 2.64. The van der Waals surface area contributed by atoms with E-state index in [2.05, 4.69) is 43.1 Å². The number of benzene rings is 1. The summed E-state index contributed by atoms with van der Waals surface area (Å²) in [6, 6.07) is 8.19. The molecule has 2 atom stereocenters. The molecule has 2 unspecified atom stereocenters. The highest BCUT2D eigenvalue weighted by atomic mass is 16.5. The van der Waals surface area contributed by atoms with Gasteiger partial charge in [-0.15, -0.1) is 0 Å². The molecular weight excluding hydrogens is 312 g/mol. The van der Waals surface area contributed by atoms with E-state index in [1.54, 1.807) is 0 Å². The first-order valence-corrected chi connectivity index (χ1v) is 9.87. The minimum atomic E-state index is 0.183. The largest absolute Gasteiger partial charge is 0.378 e. The van der Waals surface area contributed by atoms with E-state index in [0.717, 1.165) is 44.8 Å². The molecule has 1 saturated carbocycles. The van der Waals surface area contributed by atoms with Crippen LogP contribution in [-0.2, 0) is 9.53 Å². The third kappa shape index (κ3) is 6.35. The van der Waals surface area contributed by atoms with Gasteiger partial charge in [-0.1, -0.05) is 40.0 Å². The normalized spacial score (nSPS) is 23.4. The van der Waals surface area contributed by atoms with Crippen LogP contribution >= 0.6 is 0 Å². The van der Waals surface area contributed by atoms with Crippen molar-refractivity contribution in [1.82, 2.24) is 0 Å². The summed E-state index contributed by atoms with van der Waals surface area (Å²) in [7, 11) is 0. The molecule has 0 spiro atoms. The predicted molar refractivity (Wildman–Crippen MR) is 105 cm³/mol. The highest BCUT2D eigenvalue weighted by Crippen LogP contribution is 2.29. The molecule has 1 saturated heterocycles. The molecule has 1 aromatic carbocycles. The van der Waals surface area contributed by atoms with Crippen LogP contribution in [0, 0.1) is 11.8 Å². The van der Waals surface area contributed by atoms with Crippen LogP contribution < -0.4 is 10.2 Å². The number of anilines is 2. The summed E-state index contributed by atoms with van der Waals surface area (Å²) in [5.41, 5.74) is 2.10. The molecule has 25 heavy (non-hydrogen) atoms. The summed E-state index contributed by atoms with van der Waals surface area (Å²) in [6.07, 6.45) is 5.74. The Balaban J connectivity index is 0.000000701. The maximum Gasteiger partial charge on any atom is 0.227 e. The van der Waals surface area contributed by atoms with Crippen molar-refractivity contribution in [3.63, 3.8) is 0 Å². The number of nitrogens with zero attached hydrogens (tertiary/aromatic N) is 1. The minimum absolute atomic E-state index is 0.183. The monoisotopic (exact) mass is 346 g/mol.